The lowest BCUT2D eigenvalue weighted by Gasteiger charge is -2.09. The predicted octanol–water partition coefficient (Wildman–Crippen LogP) is 2.47. The van der Waals surface area contributed by atoms with Crippen LogP contribution in [-0.2, 0) is 0 Å². The van der Waals surface area contributed by atoms with E-state index in [-0.39, 0.29) is 23.6 Å². The molecule has 0 unspecified atom stereocenters. The van der Waals surface area contributed by atoms with E-state index in [4.69, 9.17) is 4.74 Å². The Kier molecular flexibility index (Phi) is 4.41. The second-order valence-electron chi connectivity index (χ2n) is 3.80. The lowest BCUT2D eigenvalue weighted by atomic mass is 10.3. The standard InChI is InChI=1S/C12H12F3N5O/c1-3-21-12-19-10(16-2)18-11(20-12)17-7-5-4-6(13)8(14)9(7)15/h4-5H,3H2,1-2H3,(H2,16,17,18,19,20). The molecule has 1 heterocycles. The summed E-state index contributed by atoms with van der Waals surface area (Å²) in [6, 6.07) is 1.85. The number of ether oxygens (including phenoxy) is 1. The van der Waals surface area contributed by atoms with Gasteiger partial charge in [-0.2, -0.15) is 15.0 Å². The molecule has 0 spiro atoms. The Labute approximate surface area is 118 Å². The van der Waals surface area contributed by atoms with Crippen LogP contribution in [-0.4, -0.2) is 28.6 Å². The van der Waals surface area contributed by atoms with Crippen molar-refractivity contribution < 1.29 is 17.9 Å². The number of rotatable bonds is 5. The summed E-state index contributed by atoms with van der Waals surface area (Å²) in [6.45, 7) is 2.07. The number of hydrogen-bond acceptors (Lipinski definition) is 6. The Hall–Kier alpha value is -2.58. The molecule has 21 heavy (non-hydrogen) atoms. The Morgan fingerprint density at radius 3 is 2.43 bits per heavy atom. The molecule has 0 amide bonds. The molecule has 2 aromatic rings. The van der Waals surface area contributed by atoms with Crippen LogP contribution in [0.25, 0.3) is 0 Å². The smallest absolute Gasteiger partial charge is 0.323 e. The topological polar surface area (TPSA) is 72.0 Å². The van der Waals surface area contributed by atoms with Crippen LogP contribution in [0.15, 0.2) is 12.1 Å². The Morgan fingerprint density at radius 1 is 1.05 bits per heavy atom. The zero-order valence-electron chi connectivity index (χ0n) is 11.2. The molecular weight excluding hydrogens is 287 g/mol. The van der Waals surface area contributed by atoms with Crippen LogP contribution in [0.1, 0.15) is 6.92 Å². The van der Waals surface area contributed by atoms with Crippen molar-refractivity contribution in [2.45, 2.75) is 6.92 Å². The van der Waals surface area contributed by atoms with Gasteiger partial charge in [0.15, 0.2) is 17.5 Å². The highest BCUT2D eigenvalue weighted by Gasteiger charge is 2.15. The first kappa shape index (κ1) is 14.8. The molecular formula is C12H12F3N5O. The van der Waals surface area contributed by atoms with Crippen LogP contribution in [0.2, 0.25) is 0 Å². The predicted molar refractivity (Wildman–Crippen MR) is 70.1 cm³/mol. The van der Waals surface area contributed by atoms with Gasteiger partial charge in [-0.05, 0) is 19.1 Å². The number of nitrogens with zero attached hydrogens (tertiary/aromatic N) is 3. The van der Waals surface area contributed by atoms with Gasteiger partial charge in [0.25, 0.3) is 0 Å². The molecule has 0 saturated heterocycles. The minimum atomic E-state index is -1.58. The van der Waals surface area contributed by atoms with Gasteiger partial charge >= 0.3 is 6.01 Å². The molecule has 0 aliphatic heterocycles. The lowest BCUT2D eigenvalue weighted by Crippen LogP contribution is -2.08. The Morgan fingerprint density at radius 2 is 1.76 bits per heavy atom. The molecule has 6 nitrogen and oxygen atoms in total. The molecule has 0 aliphatic rings. The van der Waals surface area contributed by atoms with Crippen LogP contribution in [0.4, 0.5) is 30.8 Å². The van der Waals surface area contributed by atoms with Crippen molar-refractivity contribution in [1.82, 2.24) is 15.0 Å². The fourth-order valence-corrected chi connectivity index (χ4v) is 1.46. The van der Waals surface area contributed by atoms with Gasteiger partial charge in [-0.25, -0.2) is 13.2 Å². The van der Waals surface area contributed by atoms with Gasteiger partial charge in [0.2, 0.25) is 11.9 Å². The molecule has 112 valence electrons. The fraction of sp³-hybridized carbons (Fsp3) is 0.250. The van der Waals surface area contributed by atoms with Crippen molar-refractivity contribution in [3.05, 3.63) is 29.6 Å². The summed E-state index contributed by atoms with van der Waals surface area (Å²) in [5.41, 5.74) is -0.301. The van der Waals surface area contributed by atoms with Crippen molar-refractivity contribution in [2.24, 2.45) is 0 Å². The number of anilines is 3. The van der Waals surface area contributed by atoms with Gasteiger partial charge in [-0.15, -0.1) is 0 Å². The highest BCUT2D eigenvalue weighted by atomic mass is 19.2. The van der Waals surface area contributed by atoms with E-state index in [1.165, 1.54) is 0 Å². The van der Waals surface area contributed by atoms with Gasteiger partial charge < -0.3 is 15.4 Å². The van der Waals surface area contributed by atoms with Crippen molar-refractivity contribution in [1.29, 1.82) is 0 Å². The van der Waals surface area contributed by atoms with Crippen molar-refractivity contribution >= 4 is 17.6 Å². The van der Waals surface area contributed by atoms with Crippen LogP contribution >= 0.6 is 0 Å². The first-order chi connectivity index (χ1) is 10.0. The molecule has 1 aromatic carbocycles. The quantitative estimate of drug-likeness (QED) is 0.826. The molecule has 0 radical (unpaired) electrons. The maximum absolute atomic E-state index is 13.6. The number of aromatic nitrogens is 3. The number of halogens is 3. The second kappa shape index (κ2) is 6.25. The van der Waals surface area contributed by atoms with Crippen molar-refractivity contribution in [2.75, 3.05) is 24.3 Å². The third-order valence-electron chi connectivity index (χ3n) is 2.39. The Bertz CT molecular complexity index is 653. The molecule has 0 atom stereocenters. The molecule has 0 saturated carbocycles. The molecule has 2 N–H and O–H groups in total. The van der Waals surface area contributed by atoms with E-state index in [1.807, 2.05) is 0 Å². The Balaban J connectivity index is 2.34. The number of benzene rings is 1. The van der Waals surface area contributed by atoms with E-state index in [0.29, 0.717) is 6.61 Å². The summed E-state index contributed by atoms with van der Waals surface area (Å²) >= 11 is 0. The third-order valence-corrected chi connectivity index (χ3v) is 2.39. The van der Waals surface area contributed by atoms with Gasteiger partial charge in [-0.1, -0.05) is 0 Å². The second-order valence-corrected chi connectivity index (χ2v) is 3.80. The summed E-state index contributed by atoms with van der Waals surface area (Å²) in [5, 5.41) is 5.13. The van der Waals surface area contributed by atoms with Crippen LogP contribution in [0, 0.1) is 17.5 Å². The maximum atomic E-state index is 13.6. The first-order valence-corrected chi connectivity index (χ1v) is 6.02. The van der Waals surface area contributed by atoms with Gasteiger partial charge in [0.05, 0.1) is 12.3 Å². The normalized spacial score (nSPS) is 10.3. The monoisotopic (exact) mass is 299 g/mol. The third kappa shape index (κ3) is 3.30. The van der Waals surface area contributed by atoms with Gasteiger partial charge in [-0.3, -0.25) is 0 Å². The molecule has 2 rings (SSSR count). The molecule has 9 heteroatoms. The van der Waals surface area contributed by atoms with E-state index in [1.54, 1.807) is 14.0 Å². The van der Waals surface area contributed by atoms with Crippen molar-refractivity contribution in [3.8, 4) is 6.01 Å². The number of hydrogen-bond donors (Lipinski definition) is 2. The summed E-state index contributed by atoms with van der Waals surface area (Å²) in [6.07, 6.45) is 0. The summed E-state index contributed by atoms with van der Waals surface area (Å²) in [7, 11) is 1.58. The van der Waals surface area contributed by atoms with Gasteiger partial charge in [0, 0.05) is 7.05 Å². The zero-order chi connectivity index (χ0) is 15.4. The minimum absolute atomic E-state index is 0.0161. The lowest BCUT2D eigenvalue weighted by molar-refractivity contribution is 0.312. The van der Waals surface area contributed by atoms with Crippen LogP contribution < -0.4 is 15.4 Å². The van der Waals surface area contributed by atoms with E-state index in [2.05, 4.69) is 25.6 Å². The maximum Gasteiger partial charge on any atom is 0.323 e. The summed E-state index contributed by atoms with van der Waals surface area (Å²) in [5.74, 6) is -4.10. The average molecular weight is 299 g/mol. The zero-order valence-corrected chi connectivity index (χ0v) is 11.2. The highest BCUT2D eigenvalue weighted by Crippen LogP contribution is 2.23. The van der Waals surface area contributed by atoms with Crippen LogP contribution in [0.3, 0.4) is 0 Å². The SMILES string of the molecule is CCOc1nc(NC)nc(Nc2ccc(F)c(F)c2F)n1. The summed E-state index contributed by atoms with van der Waals surface area (Å²) < 4.78 is 44.7. The number of nitrogens with one attached hydrogen (secondary N) is 2. The fourth-order valence-electron chi connectivity index (χ4n) is 1.46. The molecule has 0 bridgehead atoms. The van der Waals surface area contributed by atoms with Gasteiger partial charge in [0.1, 0.15) is 0 Å². The summed E-state index contributed by atoms with van der Waals surface area (Å²) in [4.78, 5) is 11.7. The largest absolute Gasteiger partial charge is 0.464 e. The van der Waals surface area contributed by atoms with Crippen molar-refractivity contribution in [3.63, 3.8) is 0 Å². The van der Waals surface area contributed by atoms with Crippen LogP contribution in [0.5, 0.6) is 6.01 Å². The molecule has 0 fully saturated rings. The molecule has 0 aliphatic carbocycles. The van der Waals surface area contributed by atoms with E-state index in [0.717, 1.165) is 12.1 Å². The minimum Gasteiger partial charge on any atom is -0.464 e. The first-order valence-electron chi connectivity index (χ1n) is 6.02. The van der Waals surface area contributed by atoms with E-state index >= 15 is 0 Å². The highest BCUT2D eigenvalue weighted by molar-refractivity contribution is 5.55. The van der Waals surface area contributed by atoms with E-state index in [9.17, 15) is 13.2 Å². The van der Waals surface area contributed by atoms with E-state index < -0.39 is 17.5 Å². The molecule has 1 aromatic heterocycles. The average Bonchev–Trinajstić information content (AvgIpc) is 2.48.